The predicted octanol–water partition coefficient (Wildman–Crippen LogP) is 1.97. The van der Waals surface area contributed by atoms with Crippen molar-refractivity contribution in [3.05, 3.63) is 59.8 Å². The van der Waals surface area contributed by atoms with E-state index in [9.17, 15) is 4.79 Å². The molecule has 0 spiro atoms. The third-order valence-corrected chi connectivity index (χ3v) is 4.61. The second-order valence-corrected chi connectivity index (χ2v) is 6.29. The van der Waals surface area contributed by atoms with E-state index in [-0.39, 0.29) is 18.5 Å². The number of pyridine rings is 1. The normalized spacial score (nSPS) is 16.4. The molecule has 0 saturated carbocycles. The Kier molecular flexibility index (Phi) is 4.05. The molecular weight excluding hydrogens is 316 g/mol. The Morgan fingerprint density at radius 3 is 2.96 bits per heavy atom. The number of carbonyl (C=O) groups excluding carboxylic acids is 1. The maximum Gasteiger partial charge on any atom is 0.242 e. The smallest absolute Gasteiger partial charge is 0.242 e. The van der Waals surface area contributed by atoms with Gasteiger partial charge in [0.25, 0.3) is 0 Å². The fourth-order valence-corrected chi connectivity index (χ4v) is 3.32. The third kappa shape index (κ3) is 3.05. The van der Waals surface area contributed by atoms with Gasteiger partial charge in [0.1, 0.15) is 6.54 Å². The highest BCUT2D eigenvalue weighted by molar-refractivity contribution is 5.76. The van der Waals surface area contributed by atoms with Crippen molar-refractivity contribution < 1.29 is 4.79 Å². The van der Waals surface area contributed by atoms with Gasteiger partial charge in [-0.15, -0.1) is 0 Å². The molecule has 0 aliphatic heterocycles. The van der Waals surface area contributed by atoms with Gasteiger partial charge in [0.2, 0.25) is 5.91 Å². The summed E-state index contributed by atoms with van der Waals surface area (Å²) < 4.78 is 3.59. The van der Waals surface area contributed by atoms with Gasteiger partial charge in [0.05, 0.1) is 17.9 Å². The molecule has 1 amide bonds. The molecule has 25 heavy (non-hydrogen) atoms. The van der Waals surface area contributed by atoms with Crippen molar-refractivity contribution in [3.63, 3.8) is 0 Å². The number of nitrogens with zero attached hydrogens (tertiary/aromatic N) is 5. The first-order chi connectivity index (χ1) is 12.2. The largest absolute Gasteiger partial charge is 0.348 e. The Morgan fingerprint density at radius 1 is 1.28 bits per heavy atom. The molecule has 1 aliphatic rings. The number of hydrogen-bond donors (Lipinski definition) is 1. The molecule has 7 nitrogen and oxygen atoms in total. The maximum atomic E-state index is 12.4. The number of aromatic nitrogens is 5. The SMILES string of the molecule is Cc1ccnn1CC(=O)N[C@@H]1CCCc2c1cnn2-c1ccccn1. The minimum Gasteiger partial charge on any atom is -0.348 e. The van der Waals surface area contributed by atoms with Crippen LogP contribution < -0.4 is 5.32 Å². The average Bonchev–Trinajstić information content (AvgIpc) is 3.23. The first-order valence-corrected chi connectivity index (χ1v) is 8.48. The summed E-state index contributed by atoms with van der Waals surface area (Å²) >= 11 is 0. The van der Waals surface area contributed by atoms with Gasteiger partial charge >= 0.3 is 0 Å². The zero-order valence-corrected chi connectivity index (χ0v) is 14.1. The highest BCUT2D eigenvalue weighted by atomic mass is 16.2. The molecule has 0 saturated heterocycles. The monoisotopic (exact) mass is 336 g/mol. The van der Waals surface area contributed by atoms with Crippen LogP contribution in [-0.2, 0) is 17.8 Å². The minimum atomic E-state index is -0.0322. The van der Waals surface area contributed by atoms with Gasteiger partial charge in [-0.05, 0) is 44.4 Å². The highest BCUT2D eigenvalue weighted by Crippen LogP contribution is 2.30. The van der Waals surface area contributed by atoms with Crippen molar-refractivity contribution in [1.82, 2.24) is 29.9 Å². The van der Waals surface area contributed by atoms with Crippen molar-refractivity contribution in [2.24, 2.45) is 0 Å². The van der Waals surface area contributed by atoms with E-state index < -0.39 is 0 Å². The van der Waals surface area contributed by atoms with Crippen LogP contribution in [-0.4, -0.2) is 30.5 Å². The summed E-state index contributed by atoms with van der Waals surface area (Å²) in [6.07, 6.45) is 8.20. The predicted molar refractivity (Wildman–Crippen MR) is 92.1 cm³/mol. The first-order valence-electron chi connectivity index (χ1n) is 8.48. The van der Waals surface area contributed by atoms with E-state index in [1.807, 2.05) is 42.1 Å². The summed E-state index contributed by atoms with van der Waals surface area (Å²) in [5.74, 6) is 0.776. The fraction of sp³-hybridized carbons (Fsp3) is 0.333. The lowest BCUT2D eigenvalue weighted by Gasteiger charge is -2.24. The van der Waals surface area contributed by atoms with Crippen molar-refractivity contribution in [3.8, 4) is 5.82 Å². The lowest BCUT2D eigenvalue weighted by molar-refractivity contribution is -0.122. The second kappa shape index (κ2) is 6.51. The molecule has 0 unspecified atom stereocenters. The molecule has 3 aromatic rings. The maximum absolute atomic E-state index is 12.4. The summed E-state index contributed by atoms with van der Waals surface area (Å²) in [4.78, 5) is 16.8. The Balaban J connectivity index is 1.53. The molecule has 7 heteroatoms. The van der Waals surface area contributed by atoms with Crippen LogP contribution in [0.4, 0.5) is 0 Å². The molecule has 4 rings (SSSR count). The van der Waals surface area contributed by atoms with Gasteiger partial charge in [0.15, 0.2) is 5.82 Å². The van der Waals surface area contributed by atoms with Gasteiger partial charge in [-0.2, -0.15) is 10.2 Å². The topological polar surface area (TPSA) is 77.6 Å². The van der Waals surface area contributed by atoms with Crippen molar-refractivity contribution >= 4 is 5.91 Å². The third-order valence-electron chi connectivity index (χ3n) is 4.61. The van der Waals surface area contributed by atoms with E-state index >= 15 is 0 Å². The Hall–Kier alpha value is -2.96. The molecule has 1 aliphatic carbocycles. The molecule has 1 N–H and O–H groups in total. The number of hydrogen-bond acceptors (Lipinski definition) is 4. The van der Waals surface area contributed by atoms with Crippen LogP contribution in [0.1, 0.15) is 35.8 Å². The number of amides is 1. The number of carbonyl (C=O) groups is 1. The molecule has 0 aromatic carbocycles. The van der Waals surface area contributed by atoms with Gasteiger partial charge < -0.3 is 5.32 Å². The van der Waals surface area contributed by atoms with Gasteiger partial charge in [-0.25, -0.2) is 9.67 Å². The van der Waals surface area contributed by atoms with E-state index in [2.05, 4.69) is 20.5 Å². The summed E-state index contributed by atoms with van der Waals surface area (Å²) in [7, 11) is 0. The quantitative estimate of drug-likeness (QED) is 0.790. The van der Waals surface area contributed by atoms with Crippen LogP contribution in [0, 0.1) is 6.92 Å². The van der Waals surface area contributed by atoms with Gasteiger partial charge in [-0.1, -0.05) is 6.07 Å². The van der Waals surface area contributed by atoms with Crippen molar-refractivity contribution in [2.75, 3.05) is 0 Å². The molecular formula is C18H20N6O. The zero-order chi connectivity index (χ0) is 17.2. The average molecular weight is 336 g/mol. The van der Waals surface area contributed by atoms with E-state index in [0.29, 0.717) is 0 Å². The van der Waals surface area contributed by atoms with Gasteiger partial charge in [0, 0.05) is 23.7 Å². The van der Waals surface area contributed by atoms with E-state index in [4.69, 9.17) is 0 Å². The first kappa shape index (κ1) is 15.6. The van der Waals surface area contributed by atoms with E-state index in [1.54, 1.807) is 17.1 Å². The highest BCUT2D eigenvalue weighted by Gasteiger charge is 2.26. The fourth-order valence-electron chi connectivity index (χ4n) is 3.32. The Morgan fingerprint density at radius 2 is 2.20 bits per heavy atom. The summed E-state index contributed by atoms with van der Waals surface area (Å²) in [5, 5.41) is 11.8. The summed E-state index contributed by atoms with van der Waals surface area (Å²) in [6, 6.07) is 7.66. The van der Waals surface area contributed by atoms with Crippen LogP contribution in [0.3, 0.4) is 0 Å². The van der Waals surface area contributed by atoms with E-state index in [0.717, 1.165) is 42.0 Å². The standard InChI is InChI=1S/C18H20N6O/c1-13-8-10-20-23(13)12-18(25)22-15-5-4-6-16-14(15)11-21-24(16)17-7-2-3-9-19-17/h2-3,7-11,15H,4-6,12H2,1H3,(H,22,25)/t15-/m1/s1. The molecule has 3 heterocycles. The van der Waals surface area contributed by atoms with Crippen LogP contribution >= 0.6 is 0 Å². The zero-order valence-electron chi connectivity index (χ0n) is 14.1. The van der Waals surface area contributed by atoms with Crippen molar-refractivity contribution in [2.45, 2.75) is 38.8 Å². The lowest BCUT2D eigenvalue weighted by Crippen LogP contribution is -2.33. The molecule has 0 fully saturated rings. The Bertz CT molecular complexity index is 882. The van der Waals surface area contributed by atoms with Crippen LogP contribution in [0.2, 0.25) is 0 Å². The van der Waals surface area contributed by atoms with Crippen LogP contribution in [0.5, 0.6) is 0 Å². The van der Waals surface area contributed by atoms with Crippen LogP contribution in [0.15, 0.2) is 42.9 Å². The van der Waals surface area contributed by atoms with Crippen molar-refractivity contribution in [1.29, 1.82) is 0 Å². The van der Waals surface area contributed by atoms with E-state index in [1.165, 1.54) is 0 Å². The lowest BCUT2D eigenvalue weighted by atomic mass is 9.93. The molecule has 0 radical (unpaired) electrons. The molecule has 0 bridgehead atoms. The van der Waals surface area contributed by atoms with Gasteiger partial charge in [-0.3, -0.25) is 9.48 Å². The van der Waals surface area contributed by atoms with Crippen LogP contribution in [0.25, 0.3) is 5.82 Å². The number of aryl methyl sites for hydroxylation is 1. The number of nitrogens with one attached hydrogen (secondary N) is 1. The minimum absolute atomic E-state index is 0.00965. The molecule has 1 atom stereocenters. The number of fused-ring (bicyclic) bond motifs is 1. The summed E-state index contributed by atoms with van der Waals surface area (Å²) in [6.45, 7) is 2.18. The number of rotatable bonds is 4. The molecule has 128 valence electrons. The Labute approximate surface area is 145 Å². The second-order valence-electron chi connectivity index (χ2n) is 6.29. The summed E-state index contributed by atoms with van der Waals surface area (Å²) in [5.41, 5.74) is 3.19. The molecule has 3 aromatic heterocycles.